The predicted molar refractivity (Wildman–Crippen MR) is 75.5 cm³/mol. The maximum Gasteiger partial charge on any atom is 0.0945 e. The second-order valence-corrected chi connectivity index (χ2v) is 5.94. The molecule has 0 aromatic heterocycles. The van der Waals surface area contributed by atoms with E-state index in [2.05, 4.69) is 25.7 Å². The average molecular weight is 247 g/mol. The van der Waals surface area contributed by atoms with Crippen molar-refractivity contribution in [3.8, 4) is 0 Å². The Balaban J connectivity index is 2.19. The van der Waals surface area contributed by atoms with Gasteiger partial charge in [0.25, 0.3) is 0 Å². The molecule has 0 spiro atoms. The molecule has 1 aliphatic heterocycles. The normalized spacial score (nSPS) is 22.9. The summed E-state index contributed by atoms with van der Waals surface area (Å²) in [5, 5.41) is 10.6. The molecular weight excluding hydrogens is 222 g/mol. The summed E-state index contributed by atoms with van der Waals surface area (Å²) in [5.74, 6) is 0. The molecule has 2 rings (SSSR count). The zero-order valence-corrected chi connectivity index (χ0v) is 11.8. The van der Waals surface area contributed by atoms with Gasteiger partial charge in [0.2, 0.25) is 0 Å². The fourth-order valence-corrected chi connectivity index (χ4v) is 3.23. The van der Waals surface area contributed by atoms with Crippen LogP contribution < -0.4 is 0 Å². The molecule has 2 atom stereocenters. The van der Waals surface area contributed by atoms with Crippen LogP contribution >= 0.6 is 0 Å². The van der Waals surface area contributed by atoms with Crippen molar-refractivity contribution in [3.63, 3.8) is 0 Å². The Bertz CT molecular complexity index is 374. The number of hydrogen-bond donors (Lipinski definition) is 1. The van der Waals surface area contributed by atoms with Gasteiger partial charge in [-0.25, -0.2) is 0 Å². The smallest absolute Gasteiger partial charge is 0.0945 e. The standard InChI is InChI=1S/C16H25NO/c1-4-14(17-12-8-11-16(17,2)3)15(18)13-9-6-5-7-10-13/h5-7,9-10,14-15,18H,4,8,11-12H2,1-3H3. The lowest BCUT2D eigenvalue weighted by atomic mass is 9.94. The Morgan fingerprint density at radius 1 is 1.28 bits per heavy atom. The van der Waals surface area contributed by atoms with Crippen LogP contribution in [0.1, 0.15) is 51.7 Å². The van der Waals surface area contributed by atoms with E-state index in [0.717, 1.165) is 18.5 Å². The van der Waals surface area contributed by atoms with E-state index in [1.807, 2.05) is 30.3 Å². The molecule has 1 saturated heterocycles. The van der Waals surface area contributed by atoms with Crippen molar-refractivity contribution in [1.82, 2.24) is 4.90 Å². The molecule has 0 bridgehead atoms. The molecule has 0 amide bonds. The quantitative estimate of drug-likeness (QED) is 0.881. The molecule has 0 saturated carbocycles. The average Bonchev–Trinajstić information content (AvgIpc) is 2.71. The number of hydrogen-bond acceptors (Lipinski definition) is 2. The monoisotopic (exact) mass is 247 g/mol. The van der Waals surface area contributed by atoms with Crippen LogP contribution in [0.2, 0.25) is 0 Å². The maximum atomic E-state index is 10.6. The third-order valence-corrected chi connectivity index (χ3v) is 4.29. The fourth-order valence-electron chi connectivity index (χ4n) is 3.23. The summed E-state index contributed by atoms with van der Waals surface area (Å²) < 4.78 is 0. The van der Waals surface area contributed by atoms with Gasteiger partial charge in [0.05, 0.1) is 6.10 Å². The first-order chi connectivity index (χ1) is 8.56. The van der Waals surface area contributed by atoms with E-state index in [0.29, 0.717) is 0 Å². The molecule has 18 heavy (non-hydrogen) atoms. The van der Waals surface area contributed by atoms with E-state index in [9.17, 15) is 5.11 Å². The van der Waals surface area contributed by atoms with Crippen molar-refractivity contribution in [2.45, 2.75) is 57.7 Å². The van der Waals surface area contributed by atoms with Crippen LogP contribution in [-0.4, -0.2) is 28.1 Å². The van der Waals surface area contributed by atoms with Crippen molar-refractivity contribution in [2.75, 3.05) is 6.54 Å². The Labute approximate surface area is 111 Å². The summed E-state index contributed by atoms with van der Waals surface area (Å²) in [7, 11) is 0. The van der Waals surface area contributed by atoms with Gasteiger partial charge in [0.15, 0.2) is 0 Å². The van der Waals surface area contributed by atoms with Gasteiger partial charge >= 0.3 is 0 Å². The minimum absolute atomic E-state index is 0.219. The number of likely N-dealkylation sites (tertiary alicyclic amines) is 1. The van der Waals surface area contributed by atoms with Crippen molar-refractivity contribution < 1.29 is 5.11 Å². The first-order valence-corrected chi connectivity index (χ1v) is 7.06. The topological polar surface area (TPSA) is 23.5 Å². The lowest BCUT2D eigenvalue weighted by Crippen LogP contribution is -2.47. The molecule has 1 aliphatic rings. The van der Waals surface area contributed by atoms with Crippen molar-refractivity contribution >= 4 is 0 Å². The van der Waals surface area contributed by atoms with Crippen LogP contribution in [0.3, 0.4) is 0 Å². The highest BCUT2D eigenvalue weighted by atomic mass is 16.3. The third kappa shape index (κ3) is 2.60. The van der Waals surface area contributed by atoms with Crippen LogP contribution in [0.5, 0.6) is 0 Å². The SMILES string of the molecule is CCC(C(O)c1ccccc1)N1CCCC1(C)C. The summed E-state index contributed by atoms with van der Waals surface area (Å²) in [4.78, 5) is 2.49. The molecule has 0 aliphatic carbocycles. The Morgan fingerprint density at radius 2 is 1.94 bits per heavy atom. The van der Waals surface area contributed by atoms with Gasteiger partial charge < -0.3 is 5.11 Å². The number of benzene rings is 1. The van der Waals surface area contributed by atoms with E-state index in [1.54, 1.807) is 0 Å². The zero-order valence-electron chi connectivity index (χ0n) is 11.8. The van der Waals surface area contributed by atoms with Gasteiger partial charge in [0.1, 0.15) is 0 Å². The second-order valence-electron chi connectivity index (χ2n) is 5.94. The summed E-state index contributed by atoms with van der Waals surface area (Å²) in [6.45, 7) is 7.86. The highest BCUT2D eigenvalue weighted by Crippen LogP contribution is 2.35. The molecule has 100 valence electrons. The first-order valence-electron chi connectivity index (χ1n) is 7.06. The summed E-state index contributed by atoms with van der Waals surface area (Å²) >= 11 is 0. The third-order valence-electron chi connectivity index (χ3n) is 4.29. The molecule has 0 radical (unpaired) electrons. The second kappa shape index (κ2) is 5.41. The summed E-state index contributed by atoms with van der Waals surface area (Å²) in [5.41, 5.74) is 1.25. The number of nitrogens with zero attached hydrogens (tertiary/aromatic N) is 1. The van der Waals surface area contributed by atoms with Gasteiger partial charge in [0, 0.05) is 11.6 Å². The maximum absolute atomic E-state index is 10.6. The molecule has 1 fully saturated rings. The summed E-state index contributed by atoms with van der Waals surface area (Å²) in [6.07, 6.45) is 3.07. The van der Waals surface area contributed by atoms with E-state index in [4.69, 9.17) is 0 Å². The minimum atomic E-state index is -0.381. The molecule has 1 N–H and O–H groups in total. The van der Waals surface area contributed by atoms with Gasteiger partial charge in [-0.1, -0.05) is 37.3 Å². The van der Waals surface area contributed by atoms with Crippen molar-refractivity contribution in [1.29, 1.82) is 0 Å². The van der Waals surface area contributed by atoms with Crippen LogP contribution in [0, 0.1) is 0 Å². The Kier molecular flexibility index (Phi) is 4.08. The largest absolute Gasteiger partial charge is 0.387 e. The van der Waals surface area contributed by atoms with E-state index in [1.165, 1.54) is 12.8 Å². The van der Waals surface area contributed by atoms with Crippen molar-refractivity contribution in [3.05, 3.63) is 35.9 Å². The fraction of sp³-hybridized carbons (Fsp3) is 0.625. The van der Waals surface area contributed by atoms with E-state index >= 15 is 0 Å². The number of rotatable bonds is 4. The van der Waals surface area contributed by atoms with E-state index in [-0.39, 0.29) is 17.7 Å². The molecule has 2 heteroatoms. The van der Waals surface area contributed by atoms with Crippen LogP contribution in [0.25, 0.3) is 0 Å². The van der Waals surface area contributed by atoms with Gasteiger partial charge in [-0.2, -0.15) is 0 Å². The molecule has 2 unspecified atom stereocenters. The predicted octanol–water partition coefficient (Wildman–Crippen LogP) is 3.37. The number of aliphatic hydroxyl groups is 1. The molecule has 2 nitrogen and oxygen atoms in total. The minimum Gasteiger partial charge on any atom is -0.387 e. The van der Waals surface area contributed by atoms with Crippen LogP contribution in [0.4, 0.5) is 0 Å². The molecular formula is C16H25NO. The lowest BCUT2D eigenvalue weighted by molar-refractivity contribution is 0.0124. The van der Waals surface area contributed by atoms with Crippen LogP contribution in [-0.2, 0) is 0 Å². The lowest BCUT2D eigenvalue weighted by Gasteiger charge is -2.40. The Morgan fingerprint density at radius 3 is 2.44 bits per heavy atom. The molecule has 1 aromatic carbocycles. The van der Waals surface area contributed by atoms with Crippen LogP contribution in [0.15, 0.2) is 30.3 Å². The zero-order chi connectivity index (χ0) is 13.2. The number of aliphatic hydroxyl groups excluding tert-OH is 1. The highest BCUT2D eigenvalue weighted by Gasteiger charge is 2.38. The van der Waals surface area contributed by atoms with Gasteiger partial charge in [-0.05, 0) is 45.2 Å². The Hall–Kier alpha value is -0.860. The van der Waals surface area contributed by atoms with Gasteiger partial charge in [-0.3, -0.25) is 4.90 Å². The van der Waals surface area contributed by atoms with Gasteiger partial charge in [-0.15, -0.1) is 0 Å². The molecule has 1 heterocycles. The molecule has 1 aromatic rings. The van der Waals surface area contributed by atoms with E-state index < -0.39 is 0 Å². The van der Waals surface area contributed by atoms with Crippen molar-refractivity contribution in [2.24, 2.45) is 0 Å². The highest BCUT2D eigenvalue weighted by molar-refractivity contribution is 5.19. The summed E-state index contributed by atoms with van der Waals surface area (Å²) in [6, 6.07) is 10.3. The first kappa shape index (κ1) is 13.6.